The van der Waals surface area contributed by atoms with E-state index in [1.165, 1.54) is 31.2 Å². The number of aryl methyl sites for hydroxylation is 1. The number of nitrogens with zero attached hydrogens (tertiary/aromatic N) is 1. The van der Waals surface area contributed by atoms with Crippen molar-refractivity contribution in [1.29, 1.82) is 0 Å². The minimum Gasteiger partial charge on any atom is -0.224 e. The highest BCUT2D eigenvalue weighted by Gasteiger charge is 2.04. The molecule has 1 heterocycles. The van der Waals surface area contributed by atoms with Crippen molar-refractivity contribution < 1.29 is 0 Å². The Bertz CT molecular complexity index is 537. The lowest BCUT2D eigenvalue weighted by molar-refractivity contribution is 0.667. The molecule has 0 saturated heterocycles. The zero-order valence-electron chi connectivity index (χ0n) is 10.5. The number of halogens is 2. The summed E-state index contributed by atoms with van der Waals surface area (Å²) in [6.07, 6.45) is 6.21. The normalized spacial score (nSPS) is 11.1. The van der Waals surface area contributed by atoms with Crippen molar-refractivity contribution in [3.05, 3.63) is 40.1 Å². The molecule has 0 N–H and O–H groups in total. The van der Waals surface area contributed by atoms with E-state index in [0.717, 1.165) is 17.2 Å². The van der Waals surface area contributed by atoms with E-state index in [4.69, 9.17) is 23.2 Å². The molecule has 0 unspecified atom stereocenters. The number of benzene rings is 1. The van der Waals surface area contributed by atoms with Gasteiger partial charge >= 0.3 is 0 Å². The quantitative estimate of drug-likeness (QED) is 0.509. The third-order valence-corrected chi connectivity index (χ3v) is 3.62. The largest absolute Gasteiger partial charge is 0.224 e. The van der Waals surface area contributed by atoms with E-state index in [1.54, 1.807) is 0 Å². The average molecular weight is 282 g/mol. The number of unbranched alkanes of at least 4 members (excludes halogenated alkanes) is 3. The number of hydrogen-bond donors (Lipinski definition) is 0. The Balaban J connectivity index is 2.17. The van der Waals surface area contributed by atoms with E-state index in [9.17, 15) is 0 Å². The summed E-state index contributed by atoms with van der Waals surface area (Å²) >= 11 is 12.0. The predicted molar refractivity (Wildman–Crippen MR) is 79.6 cm³/mol. The van der Waals surface area contributed by atoms with Crippen LogP contribution in [0.25, 0.3) is 10.8 Å². The summed E-state index contributed by atoms with van der Waals surface area (Å²) in [6.45, 7) is 2.23. The van der Waals surface area contributed by atoms with Crippen LogP contribution in [-0.4, -0.2) is 4.98 Å². The number of hydrogen-bond acceptors (Lipinski definition) is 1. The molecule has 0 aliphatic rings. The van der Waals surface area contributed by atoms with E-state index in [2.05, 4.69) is 30.1 Å². The van der Waals surface area contributed by atoms with E-state index in [1.807, 2.05) is 6.07 Å². The van der Waals surface area contributed by atoms with Gasteiger partial charge in [0.25, 0.3) is 0 Å². The molecule has 0 aliphatic heterocycles. The Labute approximate surface area is 118 Å². The summed E-state index contributed by atoms with van der Waals surface area (Å²) in [7, 11) is 0. The van der Waals surface area contributed by atoms with Crippen molar-refractivity contribution >= 4 is 34.0 Å². The SMILES string of the molecule is CCCCCCc1ccc2cc(Cl)nc(Cl)c2c1. The van der Waals surface area contributed by atoms with Crippen LogP contribution in [0.2, 0.25) is 10.3 Å². The maximum atomic E-state index is 6.12. The summed E-state index contributed by atoms with van der Waals surface area (Å²) in [6, 6.07) is 8.21. The van der Waals surface area contributed by atoms with Crippen LogP contribution in [0.1, 0.15) is 38.2 Å². The molecule has 0 aliphatic carbocycles. The van der Waals surface area contributed by atoms with E-state index < -0.39 is 0 Å². The minimum absolute atomic E-state index is 0.447. The fourth-order valence-corrected chi connectivity index (χ4v) is 2.63. The van der Waals surface area contributed by atoms with Crippen LogP contribution in [0.5, 0.6) is 0 Å². The number of rotatable bonds is 5. The van der Waals surface area contributed by atoms with E-state index >= 15 is 0 Å². The van der Waals surface area contributed by atoms with Crippen molar-refractivity contribution in [3.63, 3.8) is 0 Å². The molecule has 96 valence electrons. The molecule has 2 rings (SSSR count). The molecular formula is C15H17Cl2N. The van der Waals surface area contributed by atoms with Gasteiger partial charge in [-0.3, -0.25) is 0 Å². The van der Waals surface area contributed by atoms with Gasteiger partial charge in [-0.15, -0.1) is 0 Å². The molecule has 3 heteroatoms. The summed E-state index contributed by atoms with van der Waals surface area (Å²) in [5.41, 5.74) is 1.32. The Morgan fingerprint density at radius 2 is 1.89 bits per heavy atom. The van der Waals surface area contributed by atoms with Gasteiger partial charge in [-0.1, -0.05) is 61.5 Å². The fourth-order valence-electron chi connectivity index (χ4n) is 2.13. The molecule has 0 bridgehead atoms. The molecule has 0 spiro atoms. The third-order valence-electron chi connectivity index (χ3n) is 3.14. The zero-order chi connectivity index (χ0) is 13.0. The lowest BCUT2D eigenvalue weighted by atomic mass is 10.0. The van der Waals surface area contributed by atoms with Gasteiger partial charge in [0, 0.05) is 5.39 Å². The lowest BCUT2D eigenvalue weighted by Gasteiger charge is -2.05. The van der Waals surface area contributed by atoms with Crippen molar-refractivity contribution in [2.75, 3.05) is 0 Å². The second-order valence-corrected chi connectivity index (χ2v) is 5.35. The van der Waals surface area contributed by atoms with Crippen LogP contribution < -0.4 is 0 Å². The van der Waals surface area contributed by atoms with Crippen LogP contribution >= 0.6 is 23.2 Å². The zero-order valence-corrected chi connectivity index (χ0v) is 12.1. The first-order chi connectivity index (χ1) is 8.70. The summed E-state index contributed by atoms with van der Waals surface area (Å²) in [5.74, 6) is 0. The summed E-state index contributed by atoms with van der Waals surface area (Å²) < 4.78 is 0. The highest BCUT2D eigenvalue weighted by atomic mass is 35.5. The predicted octanol–water partition coefficient (Wildman–Crippen LogP) is 5.66. The van der Waals surface area contributed by atoms with Gasteiger partial charge in [0.1, 0.15) is 10.3 Å². The first-order valence-corrected chi connectivity index (χ1v) is 7.21. The molecule has 0 saturated carbocycles. The van der Waals surface area contributed by atoms with Crippen molar-refractivity contribution in [2.45, 2.75) is 39.0 Å². The Morgan fingerprint density at radius 1 is 1.06 bits per heavy atom. The molecule has 1 aromatic heterocycles. The molecular weight excluding hydrogens is 265 g/mol. The Hall–Kier alpha value is -0.790. The Kier molecular flexibility index (Phi) is 4.85. The first-order valence-electron chi connectivity index (χ1n) is 6.45. The number of aromatic nitrogens is 1. The van der Waals surface area contributed by atoms with Crippen molar-refractivity contribution in [3.8, 4) is 0 Å². The smallest absolute Gasteiger partial charge is 0.138 e. The van der Waals surface area contributed by atoms with Crippen molar-refractivity contribution in [1.82, 2.24) is 4.98 Å². The van der Waals surface area contributed by atoms with Crippen LogP contribution in [0.15, 0.2) is 24.3 Å². The van der Waals surface area contributed by atoms with E-state index in [-0.39, 0.29) is 0 Å². The van der Waals surface area contributed by atoms with Gasteiger partial charge in [-0.2, -0.15) is 0 Å². The molecule has 1 aromatic carbocycles. The molecule has 18 heavy (non-hydrogen) atoms. The van der Waals surface area contributed by atoms with Gasteiger partial charge in [-0.05, 0) is 35.9 Å². The Morgan fingerprint density at radius 3 is 2.67 bits per heavy atom. The highest BCUT2D eigenvalue weighted by molar-refractivity contribution is 6.36. The van der Waals surface area contributed by atoms with Crippen LogP contribution in [0.4, 0.5) is 0 Å². The second-order valence-electron chi connectivity index (χ2n) is 4.60. The van der Waals surface area contributed by atoms with E-state index in [0.29, 0.717) is 10.3 Å². The summed E-state index contributed by atoms with van der Waals surface area (Å²) in [4.78, 5) is 4.08. The first kappa shape index (κ1) is 13.6. The van der Waals surface area contributed by atoms with Crippen LogP contribution in [0.3, 0.4) is 0 Å². The highest BCUT2D eigenvalue weighted by Crippen LogP contribution is 2.26. The van der Waals surface area contributed by atoms with Gasteiger partial charge in [-0.25, -0.2) is 4.98 Å². The number of pyridine rings is 1. The number of fused-ring (bicyclic) bond motifs is 1. The van der Waals surface area contributed by atoms with Gasteiger partial charge in [0.05, 0.1) is 0 Å². The standard InChI is InChI=1S/C15H17Cl2N/c1-2-3-4-5-6-11-7-8-12-10-14(16)18-15(17)13(12)9-11/h7-10H,2-6H2,1H3. The van der Waals surface area contributed by atoms with Crippen molar-refractivity contribution in [2.24, 2.45) is 0 Å². The molecule has 0 radical (unpaired) electrons. The maximum Gasteiger partial charge on any atom is 0.138 e. The average Bonchev–Trinajstić information content (AvgIpc) is 2.35. The molecule has 2 aromatic rings. The minimum atomic E-state index is 0.447. The lowest BCUT2D eigenvalue weighted by Crippen LogP contribution is -1.88. The molecule has 0 amide bonds. The van der Waals surface area contributed by atoms with Crippen LogP contribution in [0, 0.1) is 0 Å². The maximum absolute atomic E-state index is 6.12. The topological polar surface area (TPSA) is 12.9 Å². The molecule has 0 fully saturated rings. The monoisotopic (exact) mass is 281 g/mol. The fraction of sp³-hybridized carbons (Fsp3) is 0.400. The summed E-state index contributed by atoms with van der Waals surface area (Å²) in [5, 5.41) is 2.99. The van der Waals surface area contributed by atoms with Crippen LogP contribution in [-0.2, 0) is 6.42 Å². The van der Waals surface area contributed by atoms with Gasteiger partial charge in [0.2, 0.25) is 0 Å². The van der Waals surface area contributed by atoms with Gasteiger partial charge < -0.3 is 0 Å². The third kappa shape index (κ3) is 3.37. The molecule has 1 nitrogen and oxygen atoms in total. The molecule has 0 atom stereocenters. The second kappa shape index (κ2) is 6.40. The van der Waals surface area contributed by atoms with Gasteiger partial charge in [0.15, 0.2) is 0 Å².